The van der Waals surface area contributed by atoms with E-state index in [1.165, 1.54) is 0 Å². The third-order valence-corrected chi connectivity index (χ3v) is 5.84. The molecular formula is C24H31NO5. The Balaban J connectivity index is 1.60. The van der Waals surface area contributed by atoms with Crippen LogP contribution in [-0.4, -0.2) is 48.3 Å². The van der Waals surface area contributed by atoms with Gasteiger partial charge in [0.15, 0.2) is 0 Å². The second-order valence-corrected chi connectivity index (χ2v) is 7.95. The second-order valence-electron chi connectivity index (χ2n) is 7.95. The number of rotatable bonds is 6. The summed E-state index contributed by atoms with van der Waals surface area (Å²) in [4.78, 5) is 0. The summed E-state index contributed by atoms with van der Waals surface area (Å²) in [5.41, 5.74) is 4.25. The average Bonchev–Trinajstić information content (AvgIpc) is 2.77. The minimum absolute atomic E-state index is 0.249. The van der Waals surface area contributed by atoms with Gasteiger partial charge in [0.05, 0.1) is 30.6 Å². The van der Waals surface area contributed by atoms with Gasteiger partial charge in [-0.05, 0) is 54.3 Å². The van der Waals surface area contributed by atoms with Gasteiger partial charge in [-0.3, -0.25) is 0 Å². The molecule has 2 aromatic carbocycles. The summed E-state index contributed by atoms with van der Waals surface area (Å²) >= 11 is 0. The Morgan fingerprint density at radius 1 is 1.13 bits per heavy atom. The molecule has 0 amide bonds. The summed E-state index contributed by atoms with van der Waals surface area (Å²) < 4.78 is 17.7. The Morgan fingerprint density at radius 2 is 2.00 bits per heavy atom. The van der Waals surface area contributed by atoms with E-state index in [0.717, 1.165) is 40.4 Å². The molecule has 2 aliphatic heterocycles. The van der Waals surface area contributed by atoms with E-state index >= 15 is 0 Å². The minimum atomic E-state index is -0.835. The van der Waals surface area contributed by atoms with Crippen molar-refractivity contribution in [2.45, 2.75) is 57.5 Å². The molecule has 2 aliphatic rings. The predicted molar refractivity (Wildman–Crippen MR) is 115 cm³/mol. The van der Waals surface area contributed by atoms with Gasteiger partial charge >= 0.3 is 0 Å². The molecule has 0 aromatic heterocycles. The molecular weight excluding hydrogens is 382 g/mol. The van der Waals surface area contributed by atoms with Crippen molar-refractivity contribution in [2.24, 2.45) is 0 Å². The molecule has 6 nitrogen and oxygen atoms in total. The molecule has 2 heterocycles. The molecule has 0 radical (unpaired) electrons. The molecule has 2 aromatic rings. The van der Waals surface area contributed by atoms with Crippen LogP contribution in [0.3, 0.4) is 0 Å². The van der Waals surface area contributed by atoms with Crippen molar-refractivity contribution in [1.29, 1.82) is 0 Å². The molecule has 30 heavy (non-hydrogen) atoms. The third kappa shape index (κ3) is 4.41. The van der Waals surface area contributed by atoms with Crippen LogP contribution in [0.1, 0.15) is 49.5 Å². The van der Waals surface area contributed by atoms with Crippen molar-refractivity contribution in [3.63, 3.8) is 0 Å². The van der Waals surface area contributed by atoms with Gasteiger partial charge in [-0.1, -0.05) is 19.1 Å². The van der Waals surface area contributed by atoms with Gasteiger partial charge < -0.3 is 29.7 Å². The van der Waals surface area contributed by atoms with Crippen molar-refractivity contribution in [2.75, 3.05) is 25.1 Å². The Morgan fingerprint density at radius 3 is 2.80 bits per heavy atom. The highest BCUT2D eigenvalue weighted by molar-refractivity contribution is 5.60. The number of ether oxygens (including phenoxy) is 3. The van der Waals surface area contributed by atoms with E-state index in [-0.39, 0.29) is 12.2 Å². The number of aliphatic hydroxyl groups excluding tert-OH is 2. The first-order chi connectivity index (χ1) is 14.6. The van der Waals surface area contributed by atoms with Crippen molar-refractivity contribution < 1.29 is 24.4 Å². The monoisotopic (exact) mass is 413 g/mol. The quantitative estimate of drug-likeness (QED) is 0.673. The van der Waals surface area contributed by atoms with E-state index in [0.29, 0.717) is 32.5 Å². The molecule has 1 saturated heterocycles. The lowest BCUT2D eigenvalue weighted by Gasteiger charge is -2.37. The first kappa shape index (κ1) is 21.0. The third-order valence-electron chi connectivity index (χ3n) is 5.84. The van der Waals surface area contributed by atoms with E-state index in [1.54, 1.807) is 0 Å². The van der Waals surface area contributed by atoms with Gasteiger partial charge in [0.1, 0.15) is 24.2 Å². The number of fused-ring (bicyclic) bond motifs is 1. The van der Waals surface area contributed by atoms with E-state index < -0.39 is 12.2 Å². The molecule has 4 rings (SSSR count). The molecule has 6 heteroatoms. The molecule has 4 atom stereocenters. The zero-order valence-electron chi connectivity index (χ0n) is 17.6. The maximum atomic E-state index is 10.3. The largest absolute Gasteiger partial charge is 0.494 e. The molecule has 0 unspecified atom stereocenters. The van der Waals surface area contributed by atoms with Crippen LogP contribution in [-0.2, 0) is 11.2 Å². The van der Waals surface area contributed by atoms with Gasteiger partial charge in [0, 0.05) is 19.4 Å². The molecule has 1 fully saturated rings. The van der Waals surface area contributed by atoms with Crippen LogP contribution in [0.25, 0.3) is 0 Å². The van der Waals surface area contributed by atoms with Crippen LogP contribution in [0.15, 0.2) is 36.4 Å². The number of nitrogens with one attached hydrogen (secondary N) is 1. The van der Waals surface area contributed by atoms with E-state index in [4.69, 9.17) is 14.2 Å². The van der Waals surface area contributed by atoms with E-state index in [2.05, 4.69) is 23.5 Å². The summed E-state index contributed by atoms with van der Waals surface area (Å²) in [6.07, 6.45) is -0.475. The maximum absolute atomic E-state index is 10.3. The smallest absolute Gasteiger partial charge is 0.142 e. The average molecular weight is 414 g/mol. The molecule has 3 N–H and O–H groups in total. The SMILES string of the molecule is CCOc1ccc([C@H]2C[C@@H](O)[C@H](O)[C@@H](CC)O2)cc1Cc1ccc2c(c1)NCCO2. The standard InChI is InChI=1S/C24H31NO5/c1-3-20-24(27)19(26)14-23(30-20)16-6-8-21(28-4-2)17(13-16)11-15-5-7-22-18(12-15)25-9-10-29-22/h5-8,12-13,19-20,23-27H,3-4,9-11,14H2,1-2H3/t19-,20-,23-,24+/m1/s1. The normalized spacial score (nSPS) is 25.7. The second kappa shape index (κ2) is 9.25. The fourth-order valence-corrected chi connectivity index (χ4v) is 4.26. The first-order valence-electron chi connectivity index (χ1n) is 10.9. The van der Waals surface area contributed by atoms with E-state index in [9.17, 15) is 10.2 Å². The van der Waals surface area contributed by atoms with Crippen LogP contribution in [0.2, 0.25) is 0 Å². The fraction of sp³-hybridized carbons (Fsp3) is 0.500. The molecule has 0 spiro atoms. The number of benzene rings is 2. The Hall–Kier alpha value is -2.28. The Bertz CT molecular complexity index is 871. The molecule has 0 bridgehead atoms. The number of hydrogen-bond donors (Lipinski definition) is 3. The lowest BCUT2D eigenvalue weighted by molar-refractivity contribution is -0.170. The first-order valence-corrected chi connectivity index (χ1v) is 10.9. The topological polar surface area (TPSA) is 80.2 Å². The van der Waals surface area contributed by atoms with Crippen molar-refractivity contribution >= 4 is 5.69 Å². The highest BCUT2D eigenvalue weighted by atomic mass is 16.5. The summed E-state index contributed by atoms with van der Waals surface area (Å²) in [6, 6.07) is 12.3. The van der Waals surface area contributed by atoms with Gasteiger partial charge in [0.25, 0.3) is 0 Å². The van der Waals surface area contributed by atoms with Crippen LogP contribution in [0, 0.1) is 0 Å². The number of hydrogen-bond acceptors (Lipinski definition) is 6. The van der Waals surface area contributed by atoms with Crippen LogP contribution in [0.5, 0.6) is 11.5 Å². The Labute approximate surface area is 177 Å². The lowest BCUT2D eigenvalue weighted by Crippen LogP contribution is -2.45. The number of aliphatic hydroxyl groups is 2. The molecule has 0 saturated carbocycles. The van der Waals surface area contributed by atoms with Gasteiger partial charge in [-0.15, -0.1) is 0 Å². The zero-order valence-corrected chi connectivity index (χ0v) is 17.6. The van der Waals surface area contributed by atoms with Crippen molar-refractivity contribution in [1.82, 2.24) is 0 Å². The lowest BCUT2D eigenvalue weighted by atomic mass is 9.91. The Kier molecular flexibility index (Phi) is 6.46. The fourth-order valence-electron chi connectivity index (χ4n) is 4.26. The highest BCUT2D eigenvalue weighted by Crippen LogP contribution is 2.36. The van der Waals surface area contributed by atoms with Gasteiger partial charge in [0.2, 0.25) is 0 Å². The summed E-state index contributed by atoms with van der Waals surface area (Å²) in [6.45, 7) is 6.02. The van der Waals surface area contributed by atoms with Gasteiger partial charge in [-0.2, -0.15) is 0 Å². The highest BCUT2D eigenvalue weighted by Gasteiger charge is 2.36. The summed E-state index contributed by atoms with van der Waals surface area (Å²) in [7, 11) is 0. The number of anilines is 1. The van der Waals surface area contributed by atoms with Gasteiger partial charge in [-0.25, -0.2) is 0 Å². The van der Waals surface area contributed by atoms with Crippen LogP contribution in [0.4, 0.5) is 5.69 Å². The molecule has 162 valence electrons. The summed E-state index contributed by atoms with van der Waals surface area (Å²) in [5, 5.41) is 23.8. The van der Waals surface area contributed by atoms with E-state index in [1.807, 2.05) is 32.0 Å². The zero-order chi connectivity index (χ0) is 21.1. The maximum Gasteiger partial charge on any atom is 0.142 e. The summed E-state index contributed by atoms with van der Waals surface area (Å²) in [5.74, 6) is 1.74. The minimum Gasteiger partial charge on any atom is -0.494 e. The van der Waals surface area contributed by atoms with Crippen LogP contribution < -0.4 is 14.8 Å². The van der Waals surface area contributed by atoms with Crippen molar-refractivity contribution in [3.8, 4) is 11.5 Å². The predicted octanol–water partition coefficient (Wildman–Crippen LogP) is 3.44. The van der Waals surface area contributed by atoms with Crippen LogP contribution >= 0.6 is 0 Å². The molecule has 0 aliphatic carbocycles. The van der Waals surface area contributed by atoms with Crippen molar-refractivity contribution in [3.05, 3.63) is 53.1 Å².